The number of aliphatic imine (C=N–C) groups is 1. The first-order chi connectivity index (χ1) is 13.5. The van der Waals surface area contributed by atoms with E-state index in [0.717, 1.165) is 30.4 Å². The molecule has 6 nitrogen and oxygen atoms in total. The maximum absolute atomic E-state index is 5.77. The molecule has 158 valence electrons. The Kier molecular flexibility index (Phi) is 9.58. The Morgan fingerprint density at radius 1 is 1.14 bits per heavy atom. The van der Waals surface area contributed by atoms with E-state index < -0.39 is 0 Å². The van der Waals surface area contributed by atoms with Gasteiger partial charge in [-0.3, -0.25) is 4.99 Å². The highest BCUT2D eigenvalue weighted by Gasteiger charge is 2.17. The minimum Gasteiger partial charge on any atom is -0.494 e. The van der Waals surface area contributed by atoms with Gasteiger partial charge in [0.1, 0.15) is 5.75 Å². The summed E-state index contributed by atoms with van der Waals surface area (Å²) in [6.07, 6.45) is 0. The van der Waals surface area contributed by atoms with Crippen molar-refractivity contribution in [3.63, 3.8) is 0 Å². The zero-order valence-corrected chi connectivity index (χ0v) is 18.4. The van der Waals surface area contributed by atoms with Crippen LogP contribution in [0.3, 0.4) is 0 Å². The Bertz CT molecular complexity index is 611. The van der Waals surface area contributed by atoms with E-state index >= 15 is 0 Å². The Morgan fingerprint density at radius 2 is 1.86 bits per heavy atom. The molecule has 0 saturated carbocycles. The Hall–Kier alpha value is -1.79. The molecule has 1 unspecified atom stereocenters. The van der Waals surface area contributed by atoms with Crippen molar-refractivity contribution in [3.8, 4) is 5.75 Å². The van der Waals surface area contributed by atoms with Crippen molar-refractivity contribution in [1.29, 1.82) is 0 Å². The number of guanidine groups is 1. The van der Waals surface area contributed by atoms with E-state index in [2.05, 4.69) is 64.4 Å². The first-order valence-corrected chi connectivity index (χ1v) is 10.7. The van der Waals surface area contributed by atoms with Crippen LogP contribution in [0.5, 0.6) is 5.75 Å². The van der Waals surface area contributed by atoms with E-state index in [-0.39, 0.29) is 0 Å². The molecule has 1 aliphatic rings. The summed E-state index contributed by atoms with van der Waals surface area (Å²) in [5.74, 6) is 2.36. The molecule has 1 aromatic carbocycles. The Balaban J connectivity index is 1.75. The van der Waals surface area contributed by atoms with Crippen LogP contribution in [0.15, 0.2) is 23.2 Å². The third kappa shape index (κ3) is 7.32. The summed E-state index contributed by atoms with van der Waals surface area (Å²) in [7, 11) is 1.82. The summed E-state index contributed by atoms with van der Waals surface area (Å²) in [5.41, 5.74) is 2.36. The molecular formula is C22H39N5O. The molecule has 1 heterocycles. The monoisotopic (exact) mass is 389 g/mol. The molecule has 1 fully saturated rings. The number of hydrogen-bond acceptors (Lipinski definition) is 4. The van der Waals surface area contributed by atoms with Crippen molar-refractivity contribution in [2.75, 3.05) is 59.5 Å². The van der Waals surface area contributed by atoms with Gasteiger partial charge in [-0.1, -0.05) is 26.0 Å². The SMILES string of the molecule is CCOc1cc(C)ccc1CNC(=NC)NCC(C)CN1CCN(CC)CC1. The number of hydrogen-bond donors (Lipinski definition) is 2. The fourth-order valence-electron chi connectivity index (χ4n) is 3.56. The molecule has 1 aromatic rings. The van der Waals surface area contributed by atoms with Crippen LogP contribution in [-0.4, -0.2) is 75.2 Å². The van der Waals surface area contributed by atoms with Crippen LogP contribution in [0, 0.1) is 12.8 Å². The number of nitrogens with one attached hydrogen (secondary N) is 2. The zero-order valence-electron chi connectivity index (χ0n) is 18.4. The fraction of sp³-hybridized carbons (Fsp3) is 0.682. The summed E-state index contributed by atoms with van der Waals surface area (Å²) in [6, 6.07) is 6.34. The highest BCUT2D eigenvalue weighted by atomic mass is 16.5. The van der Waals surface area contributed by atoms with Crippen LogP contribution in [0.1, 0.15) is 31.9 Å². The lowest BCUT2D eigenvalue weighted by Gasteiger charge is -2.35. The van der Waals surface area contributed by atoms with E-state index in [9.17, 15) is 0 Å². The average Bonchev–Trinajstić information content (AvgIpc) is 2.70. The average molecular weight is 390 g/mol. The Morgan fingerprint density at radius 3 is 2.50 bits per heavy atom. The molecule has 0 bridgehead atoms. The molecule has 0 spiro atoms. The van der Waals surface area contributed by atoms with Gasteiger partial charge in [-0.2, -0.15) is 0 Å². The smallest absolute Gasteiger partial charge is 0.191 e. The number of ether oxygens (including phenoxy) is 1. The van der Waals surface area contributed by atoms with Gasteiger partial charge in [0.25, 0.3) is 0 Å². The summed E-state index contributed by atoms with van der Waals surface area (Å²) in [4.78, 5) is 9.47. The van der Waals surface area contributed by atoms with E-state index in [0.29, 0.717) is 19.1 Å². The van der Waals surface area contributed by atoms with Gasteiger partial charge in [0.15, 0.2) is 5.96 Å². The maximum atomic E-state index is 5.77. The number of likely N-dealkylation sites (N-methyl/N-ethyl adjacent to an activating group) is 1. The Labute approximate surface area is 171 Å². The topological polar surface area (TPSA) is 52.1 Å². The van der Waals surface area contributed by atoms with Crippen LogP contribution >= 0.6 is 0 Å². The molecule has 0 radical (unpaired) electrons. The highest BCUT2D eigenvalue weighted by Crippen LogP contribution is 2.20. The molecule has 1 aliphatic heterocycles. The van der Waals surface area contributed by atoms with Crippen molar-refractivity contribution in [1.82, 2.24) is 20.4 Å². The van der Waals surface area contributed by atoms with Crippen molar-refractivity contribution >= 4 is 5.96 Å². The summed E-state index contributed by atoms with van der Waals surface area (Å²) < 4.78 is 5.77. The first kappa shape index (κ1) is 22.5. The van der Waals surface area contributed by atoms with Crippen molar-refractivity contribution < 1.29 is 4.74 Å². The van der Waals surface area contributed by atoms with Gasteiger partial charge in [0.05, 0.1) is 6.61 Å². The number of piperazine rings is 1. The number of rotatable bonds is 9. The van der Waals surface area contributed by atoms with Crippen LogP contribution in [0.25, 0.3) is 0 Å². The van der Waals surface area contributed by atoms with Crippen molar-refractivity contribution in [2.24, 2.45) is 10.9 Å². The molecule has 0 aromatic heterocycles. The molecular weight excluding hydrogens is 350 g/mol. The van der Waals surface area contributed by atoms with Gasteiger partial charge in [-0.15, -0.1) is 0 Å². The summed E-state index contributed by atoms with van der Waals surface area (Å²) >= 11 is 0. The van der Waals surface area contributed by atoms with Crippen LogP contribution in [0.4, 0.5) is 0 Å². The predicted molar refractivity (Wildman–Crippen MR) is 118 cm³/mol. The molecule has 2 rings (SSSR count). The van der Waals surface area contributed by atoms with Gasteiger partial charge in [-0.05, 0) is 37.9 Å². The van der Waals surface area contributed by atoms with Gasteiger partial charge >= 0.3 is 0 Å². The molecule has 0 aliphatic carbocycles. The summed E-state index contributed by atoms with van der Waals surface area (Å²) in [6.45, 7) is 18.0. The fourth-order valence-corrected chi connectivity index (χ4v) is 3.56. The molecule has 6 heteroatoms. The number of nitrogens with zero attached hydrogens (tertiary/aromatic N) is 3. The molecule has 2 N–H and O–H groups in total. The minimum atomic E-state index is 0.574. The quantitative estimate of drug-likeness (QED) is 0.502. The third-order valence-corrected chi connectivity index (χ3v) is 5.29. The molecule has 0 amide bonds. The zero-order chi connectivity index (χ0) is 20.4. The molecule has 28 heavy (non-hydrogen) atoms. The largest absolute Gasteiger partial charge is 0.494 e. The van der Waals surface area contributed by atoms with Gasteiger partial charge in [0.2, 0.25) is 0 Å². The maximum Gasteiger partial charge on any atom is 0.191 e. The third-order valence-electron chi connectivity index (χ3n) is 5.29. The van der Waals surface area contributed by atoms with E-state index in [4.69, 9.17) is 4.74 Å². The van der Waals surface area contributed by atoms with Crippen molar-refractivity contribution in [3.05, 3.63) is 29.3 Å². The second kappa shape index (κ2) is 11.9. The second-order valence-electron chi connectivity index (χ2n) is 7.69. The van der Waals surface area contributed by atoms with Gasteiger partial charge < -0.3 is 25.2 Å². The van der Waals surface area contributed by atoms with Crippen molar-refractivity contribution in [2.45, 2.75) is 34.2 Å². The lowest BCUT2D eigenvalue weighted by molar-refractivity contribution is 0.124. The normalized spacial score (nSPS) is 17.4. The standard InChI is InChI=1S/C22H39N5O/c1-6-26-10-12-27(13-11-26)17-19(4)15-24-22(23-5)25-16-20-9-8-18(3)14-21(20)28-7-2/h8-9,14,19H,6-7,10-13,15-17H2,1-5H3,(H2,23,24,25). The minimum absolute atomic E-state index is 0.574. The lowest BCUT2D eigenvalue weighted by atomic mass is 10.1. The molecule has 1 atom stereocenters. The van der Waals surface area contributed by atoms with Crippen LogP contribution in [0.2, 0.25) is 0 Å². The lowest BCUT2D eigenvalue weighted by Crippen LogP contribution is -2.48. The molecule has 1 saturated heterocycles. The van der Waals surface area contributed by atoms with Gasteiger partial charge in [-0.25, -0.2) is 0 Å². The predicted octanol–water partition coefficient (Wildman–Crippen LogP) is 2.33. The van der Waals surface area contributed by atoms with Crippen LogP contribution in [-0.2, 0) is 6.54 Å². The second-order valence-corrected chi connectivity index (χ2v) is 7.69. The number of benzene rings is 1. The summed E-state index contributed by atoms with van der Waals surface area (Å²) in [5, 5.41) is 6.89. The van der Waals surface area contributed by atoms with Gasteiger partial charge in [0, 0.05) is 58.4 Å². The first-order valence-electron chi connectivity index (χ1n) is 10.7. The highest BCUT2D eigenvalue weighted by molar-refractivity contribution is 5.79. The van der Waals surface area contributed by atoms with Crippen LogP contribution < -0.4 is 15.4 Å². The van der Waals surface area contributed by atoms with E-state index in [1.54, 1.807) is 0 Å². The number of aryl methyl sites for hydroxylation is 1. The van der Waals surface area contributed by atoms with E-state index in [1.807, 2.05) is 14.0 Å². The van der Waals surface area contributed by atoms with E-state index in [1.165, 1.54) is 38.3 Å².